The number of hydrogen-bond donors (Lipinski definition) is 1. The first-order valence-electron chi connectivity index (χ1n) is 4.63. The van der Waals surface area contributed by atoms with E-state index in [0.717, 1.165) is 17.8 Å². The van der Waals surface area contributed by atoms with Crippen molar-refractivity contribution in [1.82, 2.24) is 5.32 Å². The lowest BCUT2D eigenvalue weighted by atomic mass is 10.2. The maximum atomic E-state index is 12.7. The van der Waals surface area contributed by atoms with Gasteiger partial charge in [-0.3, -0.25) is 5.32 Å². The number of alkyl halides is 3. The van der Waals surface area contributed by atoms with Crippen molar-refractivity contribution in [2.24, 2.45) is 4.99 Å². The molecular weight excluding hydrogens is 414 g/mol. The number of thioether (sulfide) groups is 1. The fourth-order valence-corrected chi connectivity index (χ4v) is 2.50. The van der Waals surface area contributed by atoms with E-state index in [1.165, 1.54) is 6.07 Å². The predicted molar refractivity (Wildman–Crippen MR) is 78.5 cm³/mol. The van der Waals surface area contributed by atoms with Crippen LogP contribution in [-0.2, 0) is 6.18 Å². The van der Waals surface area contributed by atoms with Crippen molar-refractivity contribution in [3.63, 3.8) is 0 Å². The standard InChI is InChI=1S/C10H6ClF3IN3S/c1-19-9(17-4-16)18-8-2-5(10(12,13)14)6(11)3-7(8)15/h2-3H,1H3,(H,17,18). The Balaban J connectivity index is 3.34. The quantitative estimate of drug-likeness (QED) is 0.242. The molecule has 9 heteroatoms. The van der Waals surface area contributed by atoms with Crippen molar-refractivity contribution in [2.45, 2.75) is 6.18 Å². The van der Waals surface area contributed by atoms with Gasteiger partial charge in [-0.1, -0.05) is 23.4 Å². The van der Waals surface area contributed by atoms with Gasteiger partial charge in [-0.25, -0.2) is 4.99 Å². The van der Waals surface area contributed by atoms with E-state index in [4.69, 9.17) is 16.9 Å². The lowest BCUT2D eigenvalue weighted by Gasteiger charge is -2.11. The number of amidine groups is 1. The Morgan fingerprint density at radius 2 is 2.16 bits per heavy atom. The van der Waals surface area contributed by atoms with Gasteiger partial charge in [-0.2, -0.15) is 18.4 Å². The van der Waals surface area contributed by atoms with Crippen LogP contribution in [0.15, 0.2) is 17.1 Å². The Labute approximate surface area is 130 Å². The number of nitrogens with zero attached hydrogens (tertiary/aromatic N) is 2. The lowest BCUT2D eigenvalue weighted by molar-refractivity contribution is -0.137. The highest BCUT2D eigenvalue weighted by Crippen LogP contribution is 2.39. The molecular formula is C10H6ClF3IN3S. The summed E-state index contributed by atoms with van der Waals surface area (Å²) in [5.74, 6) is 0. The predicted octanol–water partition coefficient (Wildman–Crippen LogP) is 4.38. The highest BCUT2D eigenvalue weighted by Gasteiger charge is 2.34. The molecule has 1 aromatic carbocycles. The maximum absolute atomic E-state index is 12.7. The average molecular weight is 420 g/mol. The van der Waals surface area contributed by atoms with Crippen LogP contribution in [0.1, 0.15) is 5.56 Å². The second kappa shape index (κ2) is 6.67. The topological polar surface area (TPSA) is 48.2 Å². The summed E-state index contributed by atoms with van der Waals surface area (Å²) in [5, 5.41) is 10.6. The van der Waals surface area contributed by atoms with Crippen LogP contribution in [-0.4, -0.2) is 11.4 Å². The van der Waals surface area contributed by atoms with E-state index in [-0.39, 0.29) is 15.9 Å². The maximum Gasteiger partial charge on any atom is 0.417 e. The van der Waals surface area contributed by atoms with E-state index in [1.54, 1.807) is 12.4 Å². The highest BCUT2D eigenvalue weighted by molar-refractivity contribution is 14.1. The molecule has 1 rings (SSSR count). The van der Waals surface area contributed by atoms with Crippen LogP contribution in [0.2, 0.25) is 5.02 Å². The van der Waals surface area contributed by atoms with Crippen molar-refractivity contribution in [3.8, 4) is 6.19 Å². The van der Waals surface area contributed by atoms with E-state index in [9.17, 15) is 13.2 Å². The Hall–Kier alpha value is -0.660. The van der Waals surface area contributed by atoms with E-state index < -0.39 is 11.7 Å². The minimum absolute atomic E-state index is 0.101. The third-order valence-electron chi connectivity index (χ3n) is 1.92. The van der Waals surface area contributed by atoms with Crippen molar-refractivity contribution >= 4 is 56.8 Å². The van der Waals surface area contributed by atoms with Crippen molar-refractivity contribution in [2.75, 3.05) is 6.26 Å². The molecule has 0 aromatic heterocycles. The molecule has 19 heavy (non-hydrogen) atoms. The minimum Gasteiger partial charge on any atom is -0.271 e. The van der Waals surface area contributed by atoms with Gasteiger partial charge >= 0.3 is 6.18 Å². The van der Waals surface area contributed by atoms with Gasteiger partial charge in [0, 0.05) is 3.57 Å². The zero-order valence-corrected chi connectivity index (χ0v) is 13.1. The van der Waals surface area contributed by atoms with Gasteiger partial charge in [0.15, 0.2) is 11.4 Å². The Kier molecular flexibility index (Phi) is 5.76. The fraction of sp³-hybridized carbons (Fsp3) is 0.200. The smallest absolute Gasteiger partial charge is 0.271 e. The van der Waals surface area contributed by atoms with E-state index in [1.807, 2.05) is 22.6 Å². The first-order valence-corrected chi connectivity index (χ1v) is 7.31. The molecule has 0 aliphatic carbocycles. The molecule has 0 amide bonds. The fourth-order valence-electron chi connectivity index (χ4n) is 1.12. The van der Waals surface area contributed by atoms with Gasteiger partial charge < -0.3 is 0 Å². The molecule has 0 unspecified atom stereocenters. The first-order chi connectivity index (χ1) is 8.79. The monoisotopic (exact) mass is 419 g/mol. The summed E-state index contributed by atoms with van der Waals surface area (Å²) in [6, 6.07) is 2.05. The van der Waals surface area contributed by atoms with Gasteiger partial charge in [-0.05, 0) is 41.0 Å². The van der Waals surface area contributed by atoms with Gasteiger partial charge in [0.25, 0.3) is 0 Å². The summed E-state index contributed by atoms with van der Waals surface area (Å²) in [6.07, 6.45) is -1.24. The molecule has 0 aliphatic rings. The molecule has 0 fully saturated rings. The Morgan fingerprint density at radius 1 is 1.53 bits per heavy atom. The van der Waals surface area contributed by atoms with E-state index in [0.29, 0.717) is 3.57 Å². The molecule has 0 bridgehead atoms. The highest BCUT2D eigenvalue weighted by atomic mass is 127. The van der Waals surface area contributed by atoms with Crippen LogP contribution in [0.25, 0.3) is 0 Å². The van der Waals surface area contributed by atoms with Crippen molar-refractivity contribution in [1.29, 1.82) is 5.26 Å². The number of rotatable bonds is 1. The van der Waals surface area contributed by atoms with Gasteiger partial charge in [0.2, 0.25) is 0 Å². The van der Waals surface area contributed by atoms with Crippen LogP contribution >= 0.6 is 46.0 Å². The zero-order valence-electron chi connectivity index (χ0n) is 9.35. The Bertz CT molecular complexity index is 554. The molecule has 0 saturated heterocycles. The van der Waals surface area contributed by atoms with Crippen LogP contribution in [0.5, 0.6) is 0 Å². The van der Waals surface area contributed by atoms with E-state index >= 15 is 0 Å². The molecule has 3 nitrogen and oxygen atoms in total. The van der Waals surface area contributed by atoms with Gasteiger partial charge in [-0.15, -0.1) is 0 Å². The minimum atomic E-state index is -4.55. The summed E-state index contributed by atoms with van der Waals surface area (Å²) in [4.78, 5) is 3.96. The molecule has 1 N–H and O–H groups in total. The summed E-state index contributed by atoms with van der Waals surface area (Å²) in [6.45, 7) is 0. The molecule has 0 heterocycles. The SMILES string of the molecule is CSC(=Nc1cc(C(F)(F)F)c(Cl)cc1I)NC#N. The number of nitrogens with one attached hydrogen (secondary N) is 1. The van der Waals surface area contributed by atoms with Gasteiger partial charge in [0.1, 0.15) is 0 Å². The number of benzene rings is 1. The largest absolute Gasteiger partial charge is 0.417 e. The second-order valence-corrected chi connectivity index (χ2v) is 5.50. The normalized spacial score (nSPS) is 12.2. The average Bonchev–Trinajstić information content (AvgIpc) is 2.29. The van der Waals surface area contributed by atoms with Crippen LogP contribution in [0.3, 0.4) is 0 Å². The lowest BCUT2D eigenvalue weighted by Crippen LogP contribution is -2.13. The zero-order chi connectivity index (χ0) is 14.6. The van der Waals surface area contributed by atoms with Crippen LogP contribution in [0, 0.1) is 15.0 Å². The molecule has 0 aliphatic heterocycles. The number of halogens is 5. The van der Waals surface area contributed by atoms with Gasteiger partial charge in [0.05, 0.1) is 16.3 Å². The molecule has 0 spiro atoms. The first kappa shape index (κ1) is 16.4. The summed E-state index contributed by atoms with van der Waals surface area (Å²) < 4.78 is 38.6. The number of hydrogen-bond acceptors (Lipinski definition) is 3. The third-order valence-corrected chi connectivity index (χ3v) is 3.68. The second-order valence-electron chi connectivity index (χ2n) is 3.14. The molecule has 102 valence electrons. The Morgan fingerprint density at radius 3 is 2.63 bits per heavy atom. The van der Waals surface area contributed by atoms with Crippen LogP contribution in [0.4, 0.5) is 18.9 Å². The summed E-state index contributed by atoms with van der Waals surface area (Å²) >= 11 is 8.52. The summed E-state index contributed by atoms with van der Waals surface area (Å²) in [5.41, 5.74) is -0.852. The third kappa shape index (κ3) is 4.43. The number of nitriles is 1. The van der Waals surface area contributed by atoms with Crippen molar-refractivity contribution < 1.29 is 13.2 Å². The molecule has 1 aromatic rings. The van der Waals surface area contributed by atoms with Crippen molar-refractivity contribution in [3.05, 3.63) is 26.3 Å². The summed E-state index contributed by atoms with van der Waals surface area (Å²) in [7, 11) is 0. The molecule has 0 radical (unpaired) electrons. The van der Waals surface area contributed by atoms with E-state index in [2.05, 4.69) is 10.3 Å². The van der Waals surface area contributed by atoms with Crippen LogP contribution < -0.4 is 5.32 Å². The molecule has 0 atom stereocenters. The molecule has 0 saturated carbocycles. The number of aliphatic imine (C=N–C) groups is 1.